The Hall–Kier alpha value is -2.84. The van der Waals surface area contributed by atoms with Crippen LogP contribution in [-0.2, 0) is 28.4 Å². The molecule has 0 bridgehead atoms. The van der Waals surface area contributed by atoms with Crippen LogP contribution in [0.15, 0.2) is 83.0 Å². The molecule has 2 atom stereocenters. The van der Waals surface area contributed by atoms with Crippen molar-refractivity contribution in [1.29, 1.82) is 0 Å². The zero-order valence-corrected chi connectivity index (χ0v) is 22.0. The third-order valence-corrected chi connectivity index (χ3v) is 7.44. The van der Waals surface area contributed by atoms with E-state index in [0.717, 1.165) is 49.0 Å². The van der Waals surface area contributed by atoms with Crippen molar-refractivity contribution in [2.45, 2.75) is 70.0 Å². The first kappa shape index (κ1) is 29.2. The highest BCUT2D eigenvalue weighted by Crippen LogP contribution is 2.45. The summed E-state index contributed by atoms with van der Waals surface area (Å²) in [5.41, 5.74) is 3.13. The van der Waals surface area contributed by atoms with Gasteiger partial charge in [-0.3, -0.25) is 0 Å². The molecule has 2 nitrogen and oxygen atoms in total. The second-order valence-electron chi connectivity index (χ2n) is 10.1. The van der Waals surface area contributed by atoms with Gasteiger partial charge in [-0.15, -0.1) is 0 Å². The molecular formula is C31H32F6O2. The van der Waals surface area contributed by atoms with Crippen LogP contribution in [0.4, 0.5) is 26.3 Å². The summed E-state index contributed by atoms with van der Waals surface area (Å²) in [4.78, 5) is 0. The van der Waals surface area contributed by atoms with Crippen molar-refractivity contribution in [3.05, 3.63) is 105 Å². The van der Waals surface area contributed by atoms with E-state index in [-0.39, 0.29) is 24.2 Å². The first-order valence-electron chi connectivity index (χ1n) is 13.0. The molecule has 0 saturated carbocycles. The molecule has 2 aromatic rings. The number of ether oxygens (including phenoxy) is 2. The molecule has 0 radical (unpaired) electrons. The third-order valence-electron chi connectivity index (χ3n) is 7.44. The Morgan fingerprint density at radius 3 is 2.18 bits per heavy atom. The van der Waals surface area contributed by atoms with Crippen molar-refractivity contribution in [3.8, 4) is 0 Å². The molecule has 0 aromatic heterocycles. The number of methoxy groups -OCH3 is 1. The van der Waals surface area contributed by atoms with Gasteiger partial charge in [0.2, 0.25) is 0 Å². The largest absolute Gasteiger partial charge is 0.416 e. The van der Waals surface area contributed by atoms with Gasteiger partial charge in [-0.05, 0) is 73.9 Å². The van der Waals surface area contributed by atoms with Crippen LogP contribution in [0.2, 0.25) is 0 Å². The number of benzene rings is 2. The lowest BCUT2D eigenvalue weighted by Gasteiger charge is -2.35. The van der Waals surface area contributed by atoms with Crippen LogP contribution >= 0.6 is 0 Å². The monoisotopic (exact) mass is 550 g/mol. The zero-order valence-electron chi connectivity index (χ0n) is 22.0. The van der Waals surface area contributed by atoms with Crippen molar-refractivity contribution in [2.24, 2.45) is 0 Å². The van der Waals surface area contributed by atoms with E-state index in [2.05, 4.69) is 19.1 Å². The number of allylic oxidation sites excluding steroid dienone is 5. The molecule has 2 aliphatic carbocycles. The predicted molar refractivity (Wildman–Crippen MR) is 138 cm³/mol. The lowest BCUT2D eigenvalue weighted by Crippen LogP contribution is -2.28. The smallest absolute Gasteiger partial charge is 0.385 e. The van der Waals surface area contributed by atoms with Crippen molar-refractivity contribution in [1.82, 2.24) is 0 Å². The number of alkyl halides is 6. The van der Waals surface area contributed by atoms with Gasteiger partial charge < -0.3 is 9.47 Å². The van der Waals surface area contributed by atoms with Gasteiger partial charge in [0.25, 0.3) is 0 Å². The molecule has 210 valence electrons. The van der Waals surface area contributed by atoms with Crippen LogP contribution in [-0.4, -0.2) is 19.8 Å². The second-order valence-corrected chi connectivity index (χ2v) is 10.1. The van der Waals surface area contributed by atoms with E-state index >= 15 is 0 Å². The Kier molecular flexibility index (Phi) is 9.07. The molecule has 0 unspecified atom stereocenters. The molecule has 0 saturated heterocycles. The van der Waals surface area contributed by atoms with E-state index in [1.807, 2.05) is 30.3 Å². The fraction of sp³-hybridized carbons (Fsp3) is 0.419. The lowest BCUT2D eigenvalue weighted by molar-refractivity contribution is -0.143. The molecule has 0 fully saturated rings. The summed E-state index contributed by atoms with van der Waals surface area (Å²) in [6.07, 6.45) is -1.97. The van der Waals surface area contributed by atoms with Gasteiger partial charge in [-0.1, -0.05) is 59.2 Å². The Balaban J connectivity index is 1.63. The highest BCUT2D eigenvalue weighted by Gasteiger charge is 2.38. The molecule has 4 rings (SSSR count). The van der Waals surface area contributed by atoms with E-state index in [9.17, 15) is 26.3 Å². The van der Waals surface area contributed by atoms with Crippen molar-refractivity contribution in [2.75, 3.05) is 13.7 Å². The summed E-state index contributed by atoms with van der Waals surface area (Å²) >= 11 is 0. The summed E-state index contributed by atoms with van der Waals surface area (Å²) in [7, 11) is 1.68. The summed E-state index contributed by atoms with van der Waals surface area (Å²) in [6, 6.07) is 11.3. The summed E-state index contributed by atoms with van der Waals surface area (Å²) in [5.74, 6) is -0.190. The molecular weight excluding hydrogens is 518 g/mol. The maximum absolute atomic E-state index is 13.4. The Morgan fingerprint density at radius 1 is 0.897 bits per heavy atom. The molecule has 0 N–H and O–H groups in total. The molecule has 0 amide bonds. The first-order chi connectivity index (χ1) is 18.5. The highest BCUT2D eigenvalue weighted by atomic mass is 19.4. The SMILES string of the molecule is COCCCC1=C(C)C=CC2=C(CC[C@H](OCc3cc(C(F)(F)F)cc(C(F)(F)F)c3)[C@H]2c2ccccc2)C1. The van der Waals surface area contributed by atoms with Crippen molar-refractivity contribution < 1.29 is 35.8 Å². The quantitative estimate of drug-likeness (QED) is 0.241. The van der Waals surface area contributed by atoms with Crippen LogP contribution in [0.3, 0.4) is 0 Å². The molecule has 0 heterocycles. The fourth-order valence-corrected chi connectivity index (χ4v) is 5.44. The zero-order chi connectivity index (χ0) is 28.2. The van der Waals surface area contributed by atoms with Gasteiger partial charge in [0.05, 0.1) is 23.8 Å². The minimum absolute atomic E-state index is 0.143. The van der Waals surface area contributed by atoms with Gasteiger partial charge in [-0.25, -0.2) is 0 Å². The lowest BCUT2D eigenvalue weighted by atomic mass is 9.75. The maximum atomic E-state index is 13.4. The molecule has 39 heavy (non-hydrogen) atoms. The van der Waals surface area contributed by atoms with E-state index in [1.165, 1.54) is 16.7 Å². The summed E-state index contributed by atoms with van der Waals surface area (Å²) in [5, 5.41) is 0. The van der Waals surface area contributed by atoms with E-state index < -0.39 is 29.6 Å². The van der Waals surface area contributed by atoms with Crippen LogP contribution in [0.25, 0.3) is 0 Å². The number of hydrogen-bond donors (Lipinski definition) is 0. The van der Waals surface area contributed by atoms with Gasteiger partial charge >= 0.3 is 12.4 Å². The summed E-state index contributed by atoms with van der Waals surface area (Å²) in [6.45, 7) is 2.42. The first-order valence-corrected chi connectivity index (χ1v) is 13.0. The fourth-order valence-electron chi connectivity index (χ4n) is 5.44. The van der Waals surface area contributed by atoms with Crippen molar-refractivity contribution >= 4 is 0 Å². The second kappa shape index (κ2) is 12.1. The van der Waals surface area contributed by atoms with Crippen molar-refractivity contribution in [3.63, 3.8) is 0 Å². The van der Waals surface area contributed by atoms with Crippen LogP contribution < -0.4 is 0 Å². The van der Waals surface area contributed by atoms with Crippen LogP contribution in [0.5, 0.6) is 0 Å². The number of halogens is 6. The number of rotatable bonds is 8. The van der Waals surface area contributed by atoms with Crippen LogP contribution in [0.1, 0.15) is 67.2 Å². The molecule has 2 aliphatic rings. The standard InChI is InChI=1S/C31H32F6O2/c1-20-10-12-27-24(17-23(20)9-6-14-38-2)11-13-28(29(27)22-7-4-3-5-8-22)39-19-21-15-25(30(32,33)34)18-26(16-21)31(35,36)37/h3-5,7-8,10,12,15-16,18,28-29H,6,9,11,13-14,17,19H2,1-2H3/t28-,29-/m0/s1. The Bertz CT molecular complexity index is 1210. The highest BCUT2D eigenvalue weighted by molar-refractivity contribution is 5.48. The van der Waals surface area contributed by atoms with Gasteiger partial charge in [0, 0.05) is 19.6 Å². The predicted octanol–water partition coefficient (Wildman–Crippen LogP) is 9.19. The van der Waals surface area contributed by atoms with Gasteiger partial charge in [0.15, 0.2) is 0 Å². The number of hydrogen-bond acceptors (Lipinski definition) is 2. The topological polar surface area (TPSA) is 18.5 Å². The van der Waals surface area contributed by atoms with Gasteiger partial charge in [0.1, 0.15) is 0 Å². The van der Waals surface area contributed by atoms with Crippen LogP contribution in [0, 0.1) is 0 Å². The molecule has 0 aliphatic heterocycles. The normalized spacial score (nSPS) is 20.3. The average Bonchev–Trinajstić information content (AvgIpc) is 3.05. The molecule has 8 heteroatoms. The van der Waals surface area contributed by atoms with E-state index in [0.29, 0.717) is 13.0 Å². The van der Waals surface area contributed by atoms with Gasteiger partial charge in [-0.2, -0.15) is 26.3 Å². The van der Waals surface area contributed by atoms with E-state index in [1.54, 1.807) is 7.11 Å². The Morgan fingerprint density at radius 2 is 1.56 bits per heavy atom. The maximum Gasteiger partial charge on any atom is 0.416 e. The average molecular weight is 551 g/mol. The van der Waals surface area contributed by atoms with E-state index in [4.69, 9.17) is 9.47 Å². The Labute approximate surface area is 225 Å². The summed E-state index contributed by atoms with van der Waals surface area (Å²) < 4.78 is 91.6. The third kappa shape index (κ3) is 7.22. The minimum Gasteiger partial charge on any atom is -0.385 e. The molecule has 0 spiro atoms. The molecule has 2 aromatic carbocycles. The minimum atomic E-state index is -4.90.